The Morgan fingerprint density at radius 2 is 1.89 bits per heavy atom. The normalized spacial score (nSPS) is 13.6. The maximum Gasteiger partial charge on any atom is 0.214 e. The van der Waals surface area contributed by atoms with Gasteiger partial charge in [0.05, 0.1) is 17.5 Å². The van der Waals surface area contributed by atoms with Crippen LogP contribution in [0.3, 0.4) is 0 Å². The average molecular weight is 382 g/mol. The summed E-state index contributed by atoms with van der Waals surface area (Å²) in [6, 6.07) is 15.9. The number of anilines is 1. The van der Waals surface area contributed by atoms with Crippen molar-refractivity contribution in [3.63, 3.8) is 0 Å². The zero-order valence-corrected chi connectivity index (χ0v) is 15.6. The van der Waals surface area contributed by atoms with E-state index in [1.165, 1.54) is 23.5 Å². The first-order valence-electron chi connectivity index (χ1n) is 8.65. The van der Waals surface area contributed by atoms with Gasteiger partial charge in [-0.3, -0.25) is 0 Å². The summed E-state index contributed by atoms with van der Waals surface area (Å²) in [6.07, 6.45) is 2.38. The number of fused-ring (bicyclic) bond motifs is 1. The number of benzene rings is 2. The van der Waals surface area contributed by atoms with Crippen LogP contribution in [0.25, 0.3) is 16.2 Å². The van der Waals surface area contributed by atoms with Crippen molar-refractivity contribution in [1.29, 1.82) is 0 Å². The van der Waals surface area contributed by atoms with Crippen LogP contribution < -0.4 is 5.32 Å². The first kappa shape index (κ1) is 17.6. The van der Waals surface area contributed by atoms with Crippen molar-refractivity contribution in [1.82, 2.24) is 14.6 Å². The molecule has 0 radical (unpaired) electrons. The van der Waals surface area contributed by atoms with Crippen LogP contribution in [0, 0.1) is 5.82 Å². The second-order valence-electron chi connectivity index (χ2n) is 6.58. The first-order chi connectivity index (χ1) is 13.0. The minimum Gasteiger partial charge on any atom is -0.385 e. The Kier molecular flexibility index (Phi) is 4.63. The van der Waals surface area contributed by atoms with Crippen LogP contribution in [0.5, 0.6) is 0 Å². The lowest BCUT2D eigenvalue weighted by Crippen LogP contribution is -2.24. The maximum absolute atomic E-state index is 13.0. The van der Waals surface area contributed by atoms with Gasteiger partial charge in [0.25, 0.3) is 0 Å². The van der Waals surface area contributed by atoms with Crippen LogP contribution in [0.2, 0.25) is 0 Å². The van der Waals surface area contributed by atoms with E-state index in [1.54, 1.807) is 16.6 Å². The van der Waals surface area contributed by atoms with Gasteiger partial charge in [-0.05, 0) is 43.2 Å². The quantitative estimate of drug-likeness (QED) is 0.522. The van der Waals surface area contributed by atoms with Crippen molar-refractivity contribution in [3.8, 4) is 11.3 Å². The Morgan fingerprint density at radius 3 is 2.59 bits per heavy atom. The molecule has 1 unspecified atom stereocenters. The molecule has 2 N–H and O–H groups in total. The van der Waals surface area contributed by atoms with Gasteiger partial charge in [-0.2, -0.15) is 0 Å². The summed E-state index contributed by atoms with van der Waals surface area (Å²) in [5.74, 6) is -0.268. The zero-order chi connectivity index (χ0) is 18.9. The van der Waals surface area contributed by atoms with Crippen LogP contribution in [0.15, 0.2) is 60.8 Å². The first-order valence-corrected chi connectivity index (χ1v) is 9.47. The molecule has 0 saturated heterocycles. The molecule has 0 bridgehead atoms. The summed E-state index contributed by atoms with van der Waals surface area (Å²) in [7, 11) is 0. The molecule has 138 valence electrons. The highest BCUT2D eigenvalue weighted by Crippen LogP contribution is 2.26. The lowest BCUT2D eigenvalue weighted by atomic mass is 9.93. The molecule has 0 aliphatic rings. The largest absolute Gasteiger partial charge is 0.385 e. The molecular weight excluding hydrogens is 363 g/mol. The maximum atomic E-state index is 13.0. The second-order valence-corrected chi connectivity index (χ2v) is 7.54. The molecule has 0 amide bonds. The molecule has 5 nitrogen and oxygen atoms in total. The number of aliphatic hydroxyl groups is 1. The Labute approximate surface area is 160 Å². The van der Waals surface area contributed by atoms with E-state index >= 15 is 0 Å². The number of nitrogens with one attached hydrogen (secondary N) is 1. The Bertz CT molecular complexity index is 1010. The van der Waals surface area contributed by atoms with E-state index < -0.39 is 5.60 Å². The van der Waals surface area contributed by atoms with Gasteiger partial charge in [0.15, 0.2) is 0 Å². The third kappa shape index (κ3) is 3.84. The topological polar surface area (TPSA) is 62.5 Å². The summed E-state index contributed by atoms with van der Waals surface area (Å²) >= 11 is 1.44. The molecule has 2 heterocycles. The van der Waals surface area contributed by atoms with E-state index in [1.807, 2.05) is 43.5 Å². The van der Waals surface area contributed by atoms with Gasteiger partial charge in [0.2, 0.25) is 10.1 Å². The van der Waals surface area contributed by atoms with Crippen molar-refractivity contribution < 1.29 is 9.50 Å². The number of rotatable bonds is 6. The van der Waals surface area contributed by atoms with E-state index in [0.29, 0.717) is 13.0 Å². The van der Waals surface area contributed by atoms with E-state index in [4.69, 9.17) is 0 Å². The number of hydrogen-bond acceptors (Lipinski definition) is 5. The lowest BCUT2D eigenvalue weighted by molar-refractivity contribution is 0.0515. The number of halogens is 1. The summed E-state index contributed by atoms with van der Waals surface area (Å²) in [5.41, 5.74) is 1.60. The van der Waals surface area contributed by atoms with Crippen molar-refractivity contribution in [3.05, 3.63) is 72.2 Å². The van der Waals surface area contributed by atoms with E-state index in [-0.39, 0.29) is 5.82 Å². The minimum atomic E-state index is -0.901. The fraction of sp³-hybridized carbons (Fsp3) is 0.200. The molecular formula is C20H19FN4OS. The lowest BCUT2D eigenvalue weighted by Gasteiger charge is -2.23. The summed E-state index contributed by atoms with van der Waals surface area (Å²) < 4.78 is 14.8. The van der Waals surface area contributed by atoms with Crippen molar-refractivity contribution in [2.24, 2.45) is 0 Å². The van der Waals surface area contributed by atoms with Gasteiger partial charge in [0.1, 0.15) is 5.82 Å². The van der Waals surface area contributed by atoms with Gasteiger partial charge in [-0.25, -0.2) is 13.9 Å². The van der Waals surface area contributed by atoms with E-state index in [0.717, 1.165) is 26.9 Å². The smallest absolute Gasteiger partial charge is 0.214 e. The SMILES string of the molecule is CC(O)(CCNc1nn2cc(-c3ccc(F)cc3)nc2s1)c1ccccc1. The molecule has 2 aromatic heterocycles. The molecule has 1 atom stereocenters. The molecule has 0 spiro atoms. The van der Waals surface area contributed by atoms with Crippen LogP contribution in [0.1, 0.15) is 18.9 Å². The Balaban J connectivity index is 1.41. The van der Waals surface area contributed by atoms with Crippen molar-refractivity contribution in [2.75, 3.05) is 11.9 Å². The second kappa shape index (κ2) is 7.09. The van der Waals surface area contributed by atoms with Crippen molar-refractivity contribution in [2.45, 2.75) is 18.9 Å². The number of imidazole rings is 1. The highest BCUT2D eigenvalue weighted by Gasteiger charge is 2.22. The standard InChI is InChI=1S/C20H19FN4OS/c1-20(26,15-5-3-2-4-6-15)11-12-22-18-24-25-13-17(23-19(25)27-18)14-7-9-16(21)10-8-14/h2-10,13,26H,11-12H2,1H3,(H,22,24). The van der Waals surface area contributed by atoms with Gasteiger partial charge >= 0.3 is 0 Å². The fourth-order valence-corrected chi connectivity index (χ4v) is 3.69. The van der Waals surface area contributed by atoms with E-state index in [2.05, 4.69) is 15.4 Å². The predicted octanol–water partition coefficient (Wildman–Crippen LogP) is 4.31. The van der Waals surface area contributed by atoms with E-state index in [9.17, 15) is 9.50 Å². The molecule has 0 saturated carbocycles. The van der Waals surface area contributed by atoms with Gasteiger partial charge in [-0.15, -0.1) is 5.10 Å². The van der Waals surface area contributed by atoms with Crippen LogP contribution >= 0.6 is 11.3 Å². The fourth-order valence-electron chi connectivity index (χ4n) is 2.89. The Morgan fingerprint density at radius 1 is 1.15 bits per heavy atom. The van der Waals surface area contributed by atoms with Crippen LogP contribution in [0.4, 0.5) is 9.52 Å². The molecule has 2 aromatic carbocycles. The third-order valence-electron chi connectivity index (χ3n) is 4.47. The molecule has 0 fully saturated rings. The molecule has 4 rings (SSSR count). The van der Waals surface area contributed by atoms with Crippen LogP contribution in [-0.2, 0) is 5.60 Å². The molecule has 0 aliphatic carbocycles. The molecule has 27 heavy (non-hydrogen) atoms. The van der Waals surface area contributed by atoms with Crippen LogP contribution in [-0.4, -0.2) is 26.2 Å². The highest BCUT2D eigenvalue weighted by molar-refractivity contribution is 7.20. The molecule has 4 aromatic rings. The van der Waals surface area contributed by atoms with Crippen molar-refractivity contribution >= 4 is 21.4 Å². The molecule has 7 heteroatoms. The van der Waals surface area contributed by atoms with Gasteiger partial charge in [0, 0.05) is 12.1 Å². The van der Waals surface area contributed by atoms with Gasteiger partial charge in [-0.1, -0.05) is 41.7 Å². The average Bonchev–Trinajstić information content (AvgIpc) is 3.22. The predicted molar refractivity (Wildman–Crippen MR) is 105 cm³/mol. The minimum absolute atomic E-state index is 0.268. The number of aromatic nitrogens is 3. The number of nitrogens with zero attached hydrogens (tertiary/aromatic N) is 3. The number of hydrogen-bond donors (Lipinski definition) is 2. The van der Waals surface area contributed by atoms with Gasteiger partial charge < -0.3 is 10.4 Å². The summed E-state index contributed by atoms with van der Waals surface area (Å²) in [5, 5.41) is 19.1. The monoisotopic (exact) mass is 382 g/mol. The summed E-state index contributed by atoms with van der Waals surface area (Å²) in [6.45, 7) is 2.40. The zero-order valence-electron chi connectivity index (χ0n) is 14.8. The summed E-state index contributed by atoms with van der Waals surface area (Å²) in [4.78, 5) is 5.30. The molecule has 0 aliphatic heterocycles. The Hall–Kier alpha value is -2.77. The highest BCUT2D eigenvalue weighted by atomic mass is 32.1. The third-order valence-corrected chi connectivity index (χ3v) is 5.35.